The van der Waals surface area contributed by atoms with Crippen LogP contribution in [-0.4, -0.2) is 23.5 Å². The molecule has 1 aliphatic rings. The van der Waals surface area contributed by atoms with E-state index >= 15 is 0 Å². The Morgan fingerprint density at radius 2 is 1.92 bits per heavy atom. The van der Waals surface area contributed by atoms with Crippen LogP contribution in [0.5, 0.6) is 5.75 Å². The van der Waals surface area contributed by atoms with E-state index in [1.807, 2.05) is 37.3 Å². The van der Waals surface area contributed by atoms with E-state index in [4.69, 9.17) is 4.74 Å². The molecule has 2 N–H and O–H groups in total. The molecule has 0 unspecified atom stereocenters. The Morgan fingerprint density at radius 1 is 1.17 bits per heavy atom. The first kappa shape index (κ1) is 16.3. The second-order valence-electron chi connectivity index (χ2n) is 6.21. The van der Waals surface area contributed by atoms with Crippen LogP contribution in [0.15, 0.2) is 42.6 Å². The SMILES string of the molecule is Cc1ccc(OCC(=O)Nc2ccc(NC3CCCC3)cn2)cc1. The third-order valence-corrected chi connectivity index (χ3v) is 4.15. The van der Waals surface area contributed by atoms with Gasteiger partial charge < -0.3 is 15.4 Å². The van der Waals surface area contributed by atoms with Crippen LogP contribution in [0.1, 0.15) is 31.2 Å². The lowest BCUT2D eigenvalue weighted by Gasteiger charge is -2.13. The molecule has 3 rings (SSSR count). The van der Waals surface area contributed by atoms with Gasteiger partial charge in [0.15, 0.2) is 6.61 Å². The number of amides is 1. The number of anilines is 2. The third-order valence-electron chi connectivity index (χ3n) is 4.15. The van der Waals surface area contributed by atoms with Crippen molar-refractivity contribution in [3.8, 4) is 5.75 Å². The molecule has 0 saturated heterocycles. The van der Waals surface area contributed by atoms with Crippen LogP contribution in [0.4, 0.5) is 11.5 Å². The van der Waals surface area contributed by atoms with Gasteiger partial charge in [-0.2, -0.15) is 0 Å². The van der Waals surface area contributed by atoms with E-state index in [0.717, 1.165) is 11.3 Å². The number of hydrogen-bond acceptors (Lipinski definition) is 4. The number of aromatic nitrogens is 1. The predicted molar refractivity (Wildman–Crippen MR) is 95.4 cm³/mol. The van der Waals surface area contributed by atoms with Crippen LogP contribution in [0.3, 0.4) is 0 Å². The normalized spacial score (nSPS) is 14.4. The van der Waals surface area contributed by atoms with E-state index in [2.05, 4.69) is 15.6 Å². The highest BCUT2D eigenvalue weighted by Crippen LogP contribution is 2.22. The quantitative estimate of drug-likeness (QED) is 0.849. The standard InChI is InChI=1S/C19H23N3O2/c1-14-6-9-17(10-7-14)24-13-19(23)22-18-11-8-16(12-20-18)21-15-4-2-3-5-15/h6-12,15,21H,2-5,13H2,1H3,(H,20,22,23). The average Bonchev–Trinajstić information content (AvgIpc) is 3.09. The van der Waals surface area contributed by atoms with Gasteiger partial charge >= 0.3 is 0 Å². The molecule has 0 aliphatic heterocycles. The summed E-state index contributed by atoms with van der Waals surface area (Å²) in [6.07, 6.45) is 6.78. The molecule has 1 fully saturated rings. The molecule has 1 saturated carbocycles. The molecule has 126 valence electrons. The number of ether oxygens (including phenoxy) is 1. The lowest BCUT2D eigenvalue weighted by molar-refractivity contribution is -0.118. The smallest absolute Gasteiger partial charge is 0.263 e. The number of nitrogens with zero attached hydrogens (tertiary/aromatic N) is 1. The van der Waals surface area contributed by atoms with Crippen LogP contribution in [-0.2, 0) is 4.79 Å². The van der Waals surface area contributed by atoms with Gasteiger partial charge in [-0.15, -0.1) is 0 Å². The van der Waals surface area contributed by atoms with Crippen molar-refractivity contribution in [1.82, 2.24) is 4.98 Å². The number of rotatable bonds is 6. The maximum Gasteiger partial charge on any atom is 0.263 e. The van der Waals surface area contributed by atoms with Crippen molar-refractivity contribution in [2.24, 2.45) is 0 Å². The van der Waals surface area contributed by atoms with Gasteiger partial charge in [-0.05, 0) is 44.0 Å². The fraction of sp³-hybridized carbons (Fsp3) is 0.368. The Hall–Kier alpha value is -2.56. The Balaban J connectivity index is 1.46. The minimum Gasteiger partial charge on any atom is -0.484 e. The van der Waals surface area contributed by atoms with E-state index in [9.17, 15) is 4.79 Å². The molecule has 5 heteroatoms. The number of carbonyl (C=O) groups excluding carboxylic acids is 1. The van der Waals surface area contributed by atoms with E-state index in [0.29, 0.717) is 17.6 Å². The van der Waals surface area contributed by atoms with Crippen LogP contribution in [0.25, 0.3) is 0 Å². The maximum absolute atomic E-state index is 11.9. The van der Waals surface area contributed by atoms with Crippen molar-refractivity contribution in [1.29, 1.82) is 0 Å². The Morgan fingerprint density at radius 3 is 2.58 bits per heavy atom. The molecular formula is C19H23N3O2. The summed E-state index contributed by atoms with van der Waals surface area (Å²) in [4.78, 5) is 16.2. The lowest BCUT2D eigenvalue weighted by atomic mass is 10.2. The Labute approximate surface area is 142 Å². The van der Waals surface area contributed by atoms with Gasteiger partial charge in [-0.1, -0.05) is 30.5 Å². The number of nitrogens with one attached hydrogen (secondary N) is 2. The van der Waals surface area contributed by atoms with E-state index in [1.54, 1.807) is 12.3 Å². The van der Waals surface area contributed by atoms with Crippen molar-refractivity contribution in [3.05, 3.63) is 48.2 Å². The van der Waals surface area contributed by atoms with Crippen LogP contribution in [0.2, 0.25) is 0 Å². The van der Waals surface area contributed by atoms with Gasteiger partial charge in [0, 0.05) is 6.04 Å². The highest BCUT2D eigenvalue weighted by molar-refractivity contribution is 5.91. The van der Waals surface area contributed by atoms with Crippen LogP contribution >= 0.6 is 0 Å². The summed E-state index contributed by atoms with van der Waals surface area (Å²) in [7, 11) is 0. The summed E-state index contributed by atoms with van der Waals surface area (Å²) in [6.45, 7) is 1.97. The number of benzene rings is 1. The topological polar surface area (TPSA) is 63.2 Å². The molecule has 1 heterocycles. The van der Waals surface area contributed by atoms with Crippen LogP contribution < -0.4 is 15.4 Å². The number of aryl methyl sites for hydroxylation is 1. The molecule has 0 spiro atoms. The highest BCUT2D eigenvalue weighted by Gasteiger charge is 2.14. The molecule has 1 amide bonds. The molecule has 1 aromatic heterocycles. The van der Waals surface area contributed by atoms with Crippen molar-refractivity contribution in [3.63, 3.8) is 0 Å². The first-order valence-electron chi connectivity index (χ1n) is 8.41. The van der Waals surface area contributed by atoms with Crippen molar-refractivity contribution in [2.45, 2.75) is 38.6 Å². The molecule has 2 aromatic rings. The molecule has 0 radical (unpaired) electrons. The summed E-state index contributed by atoms with van der Waals surface area (Å²) in [5.74, 6) is 0.990. The minimum atomic E-state index is -0.223. The predicted octanol–water partition coefficient (Wildman–Crippen LogP) is 3.76. The summed E-state index contributed by atoms with van der Waals surface area (Å²) in [5.41, 5.74) is 2.15. The zero-order valence-electron chi connectivity index (χ0n) is 13.9. The number of pyridine rings is 1. The summed E-state index contributed by atoms with van der Waals surface area (Å²) in [6, 6.07) is 11.9. The molecule has 0 bridgehead atoms. The summed E-state index contributed by atoms with van der Waals surface area (Å²) >= 11 is 0. The first-order chi connectivity index (χ1) is 11.7. The largest absolute Gasteiger partial charge is 0.484 e. The Bertz CT molecular complexity index is 662. The van der Waals surface area contributed by atoms with Gasteiger partial charge in [-0.3, -0.25) is 4.79 Å². The average molecular weight is 325 g/mol. The molecule has 0 atom stereocenters. The van der Waals surface area contributed by atoms with Gasteiger partial charge in [-0.25, -0.2) is 4.98 Å². The number of carbonyl (C=O) groups is 1. The molecule has 5 nitrogen and oxygen atoms in total. The number of hydrogen-bond donors (Lipinski definition) is 2. The maximum atomic E-state index is 11.9. The first-order valence-corrected chi connectivity index (χ1v) is 8.41. The molecule has 24 heavy (non-hydrogen) atoms. The summed E-state index contributed by atoms with van der Waals surface area (Å²) < 4.78 is 5.46. The van der Waals surface area contributed by atoms with Gasteiger partial charge in [0.05, 0.1) is 11.9 Å². The zero-order valence-corrected chi connectivity index (χ0v) is 13.9. The molecular weight excluding hydrogens is 302 g/mol. The van der Waals surface area contributed by atoms with E-state index < -0.39 is 0 Å². The molecule has 1 aromatic carbocycles. The lowest BCUT2D eigenvalue weighted by Crippen LogP contribution is -2.21. The monoisotopic (exact) mass is 325 g/mol. The molecule has 1 aliphatic carbocycles. The van der Waals surface area contributed by atoms with E-state index in [-0.39, 0.29) is 12.5 Å². The van der Waals surface area contributed by atoms with Crippen LogP contribution in [0, 0.1) is 6.92 Å². The highest BCUT2D eigenvalue weighted by atomic mass is 16.5. The Kier molecular flexibility index (Phi) is 5.31. The fourth-order valence-corrected chi connectivity index (χ4v) is 2.82. The fourth-order valence-electron chi connectivity index (χ4n) is 2.82. The summed E-state index contributed by atoms with van der Waals surface area (Å²) in [5, 5.41) is 6.21. The third kappa shape index (κ3) is 4.72. The van der Waals surface area contributed by atoms with Crippen molar-refractivity contribution < 1.29 is 9.53 Å². The van der Waals surface area contributed by atoms with Gasteiger partial charge in [0.1, 0.15) is 11.6 Å². The zero-order chi connectivity index (χ0) is 16.8. The second kappa shape index (κ2) is 7.81. The van der Waals surface area contributed by atoms with Gasteiger partial charge in [0.25, 0.3) is 5.91 Å². The van der Waals surface area contributed by atoms with Crippen molar-refractivity contribution >= 4 is 17.4 Å². The van der Waals surface area contributed by atoms with Crippen molar-refractivity contribution in [2.75, 3.05) is 17.2 Å². The minimum absolute atomic E-state index is 0.0349. The second-order valence-corrected chi connectivity index (χ2v) is 6.21. The van der Waals surface area contributed by atoms with Gasteiger partial charge in [0.2, 0.25) is 0 Å². The van der Waals surface area contributed by atoms with E-state index in [1.165, 1.54) is 25.7 Å².